The highest BCUT2D eigenvalue weighted by Crippen LogP contribution is 2.43. The number of aryl methyl sites for hydroxylation is 1. The zero-order valence-electron chi connectivity index (χ0n) is 20.0. The largest absolute Gasteiger partial charge is 0.369 e. The summed E-state index contributed by atoms with van der Waals surface area (Å²) in [4.78, 5) is 40.6. The van der Waals surface area contributed by atoms with E-state index in [1.54, 1.807) is 18.2 Å². The molecule has 0 radical (unpaired) electrons. The van der Waals surface area contributed by atoms with Crippen LogP contribution >= 0.6 is 0 Å². The maximum atomic E-state index is 15.0. The van der Waals surface area contributed by atoms with Crippen molar-refractivity contribution in [2.24, 2.45) is 0 Å². The van der Waals surface area contributed by atoms with Gasteiger partial charge in [0.25, 0.3) is 5.91 Å². The third-order valence-electron chi connectivity index (χ3n) is 6.74. The number of imide groups is 1. The number of hydrogen-bond donors (Lipinski definition) is 2. The number of carbonyl (C=O) groups excluding carboxylic acids is 3. The van der Waals surface area contributed by atoms with E-state index < -0.39 is 30.2 Å². The highest BCUT2D eigenvalue weighted by molar-refractivity contribution is 6.16. The quantitative estimate of drug-likeness (QED) is 0.520. The number of anilines is 2. The first kappa shape index (κ1) is 23.5. The van der Waals surface area contributed by atoms with Crippen molar-refractivity contribution in [3.8, 4) is 0 Å². The Kier molecular flexibility index (Phi) is 5.93. The van der Waals surface area contributed by atoms with Crippen LogP contribution in [0.1, 0.15) is 49.8 Å². The number of amides is 4. The molecule has 2 aromatic carbocycles. The van der Waals surface area contributed by atoms with Gasteiger partial charge in [0.1, 0.15) is 18.1 Å². The summed E-state index contributed by atoms with van der Waals surface area (Å²) in [5.41, 5.74) is 3.32. The van der Waals surface area contributed by atoms with Crippen molar-refractivity contribution in [3.05, 3.63) is 64.6 Å². The molecule has 34 heavy (non-hydrogen) atoms. The summed E-state index contributed by atoms with van der Waals surface area (Å²) in [7, 11) is 1.95. The van der Waals surface area contributed by atoms with E-state index in [4.69, 9.17) is 0 Å². The van der Waals surface area contributed by atoms with Crippen molar-refractivity contribution in [3.63, 3.8) is 0 Å². The lowest BCUT2D eigenvalue weighted by molar-refractivity contribution is -0.127. The summed E-state index contributed by atoms with van der Waals surface area (Å²) >= 11 is 0. The summed E-state index contributed by atoms with van der Waals surface area (Å²) in [6.45, 7) is 7.74. The van der Waals surface area contributed by atoms with Crippen molar-refractivity contribution >= 4 is 35.3 Å². The number of hydrogen-bond acceptors (Lipinski definition) is 4. The van der Waals surface area contributed by atoms with Gasteiger partial charge < -0.3 is 15.5 Å². The van der Waals surface area contributed by atoms with Crippen LogP contribution in [0.4, 0.5) is 20.6 Å². The van der Waals surface area contributed by atoms with Gasteiger partial charge >= 0.3 is 6.03 Å². The Labute approximate surface area is 198 Å². The van der Waals surface area contributed by atoms with E-state index in [0.717, 1.165) is 28.1 Å². The summed E-state index contributed by atoms with van der Waals surface area (Å²) in [6, 6.07) is 9.71. The van der Waals surface area contributed by atoms with Gasteiger partial charge in [-0.05, 0) is 68.5 Å². The molecular weight excluding hydrogens is 435 g/mol. The first-order valence-corrected chi connectivity index (χ1v) is 11.3. The first-order chi connectivity index (χ1) is 16.0. The van der Waals surface area contributed by atoms with Crippen molar-refractivity contribution in [2.45, 2.75) is 45.6 Å². The highest BCUT2D eigenvalue weighted by atomic mass is 19.1. The molecule has 2 aliphatic rings. The number of urea groups is 1. The Hall–Kier alpha value is -3.68. The molecule has 0 aliphatic carbocycles. The fourth-order valence-electron chi connectivity index (χ4n) is 4.63. The van der Waals surface area contributed by atoms with Crippen molar-refractivity contribution in [1.29, 1.82) is 0 Å². The molecule has 0 saturated carbocycles. The van der Waals surface area contributed by atoms with Gasteiger partial charge in [0.15, 0.2) is 0 Å². The fraction of sp³-hybridized carbons (Fsp3) is 0.346. The summed E-state index contributed by atoms with van der Waals surface area (Å²) in [5.74, 6) is -1.46. The third-order valence-corrected chi connectivity index (χ3v) is 6.74. The molecule has 8 heteroatoms. The highest BCUT2D eigenvalue weighted by Gasteiger charge is 2.37. The molecule has 1 saturated heterocycles. The predicted octanol–water partition coefficient (Wildman–Crippen LogP) is 4.39. The summed E-state index contributed by atoms with van der Waals surface area (Å²) < 4.78 is 15.0. The van der Waals surface area contributed by atoms with Crippen LogP contribution in [0.5, 0.6) is 0 Å². The van der Waals surface area contributed by atoms with Crippen LogP contribution in [0.25, 0.3) is 6.08 Å². The number of halogens is 1. The lowest BCUT2D eigenvalue weighted by atomic mass is 9.80. The van der Waals surface area contributed by atoms with Gasteiger partial charge in [-0.15, -0.1) is 0 Å². The van der Waals surface area contributed by atoms with Gasteiger partial charge in [-0.2, -0.15) is 0 Å². The van der Waals surface area contributed by atoms with Gasteiger partial charge in [-0.3, -0.25) is 9.59 Å². The van der Waals surface area contributed by atoms with Crippen LogP contribution < -0.4 is 15.5 Å². The van der Waals surface area contributed by atoms with Crippen LogP contribution in [0.15, 0.2) is 42.1 Å². The first-order valence-electron chi connectivity index (χ1n) is 11.3. The molecule has 2 heterocycles. The molecule has 2 N–H and O–H groups in total. The van der Waals surface area contributed by atoms with Crippen molar-refractivity contribution < 1.29 is 18.8 Å². The second-order valence-corrected chi connectivity index (χ2v) is 9.65. The molecule has 178 valence electrons. The van der Waals surface area contributed by atoms with E-state index in [1.807, 2.05) is 26.1 Å². The molecule has 1 atom stereocenters. The molecule has 0 aromatic heterocycles. The Morgan fingerprint density at radius 2 is 1.97 bits per heavy atom. The van der Waals surface area contributed by atoms with E-state index >= 15 is 4.39 Å². The normalized spacial score (nSPS) is 20.4. The second-order valence-electron chi connectivity index (χ2n) is 9.65. The van der Waals surface area contributed by atoms with E-state index in [9.17, 15) is 14.4 Å². The topological polar surface area (TPSA) is 81.8 Å². The number of nitrogens with one attached hydrogen (secondary N) is 2. The SMILES string of the molecule is Cc1ccccc1NC(=O)CN1C(=O)N/C(=C/c2cc3c(cc2F)N(C)C(C)(C)CC3C)C1=O. The van der Waals surface area contributed by atoms with E-state index in [1.165, 1.54) is 12.1 Å². The minimum absolute atomic E-state index is 0.0651. The van der Waals surface area contributed by atoms with Crippen LogP contribution in [-0.2, 0) is 9.59 Å². The van der Waals surface area contributed by atoms with Gasteiger partial charge in [0.2, 0.25) is 5.91 Å². The van der Waals surface area contributed by atoms with E-state index in [2.05, 4.69) is 36.3 Å². The maximum Gasteiger partial charge on any atom is 0.329 e. The maximum absolute atomic E-state index is 15.0. The molecule has 0 bridgehead atoms. The van der Waals surface area contributed by atoms with Crippen LogP contribution in [-0.4, -0.2) is 41.9 Å². The van der Waals surface area contributed by atoms with Gasteiger partial charge in [-0.25, -0.2) is 14.1 Å². The molecule has 4 rings (SSSR count). The molecule has 4 amide bonds. The molecule has 0 spiro atoms. The molecule has 2 aromatic rings. The van der Waals surface area contributed by atoms with E-state index in [0.29, 0.717) is 5.69 Å². The smallest absolute Gasteiger partial charge is 0.329 e. The number of benzene rings is 2. The van der Waals surface area contributed by atoms with Gasteiger partial charge in [0.05, 0.1) is 0 Å². The number of nitrogens with zero attached hydrogens (tertiary/aromatic N) is 2. The molecular formula is C26H29FN4O3. The molecule has 1 unspecified atom stereocenters. The van der Waals surface area contributed by atoms with Crippen molar-refractivity contribution in [2.75, 3.05) is 23.8 Å². The zero-order chi connectivity index (χ0) is 24.8. The number of fused-ring (bicyclic) bond motifs is 1. The minimum Gasteiger partial charge on any atom is -0.369 e. The molecule has 2 aliphatic heterocycles. The Bertz CT molecular complexity index is 1220. The number of para-hydroxylation sites is 1. The Morgan fingerprint density at radius 3 is 2.68 bits per heavy atom. The monoisotopic (exact) mass is 464 g/mol. The van der Waals surface area contributed by atoms with Crippen LogP contribution in [0.3, 0.4) is 0 Å². The Morgan fingerprint density at radius 1 is 1.26 bits per heavy atom. The minimum atomic E-state index is -0.718. The Balaban J connectivity index is 1.55. The number of carbonyl (C=O) groups is 3. The summed E-state index contributed by atoms with van der Waals surface area (Å²) in [6.07, 6.45) is 2.24. The van der Waals surface area contributed by atoms with Crippen LogP contribution in [0.2, 0.25) is 0 Å². The third kappa shape index (κ3) is 4.27. The average Bonchev–Trinajstić information content (AvgIpc) is 3.02. The second kappa shape index (κ2) is 8.59. The number of rotatable bonds is 4. The zero-order valence-corrected chi connectivity index (χ0v) is 20.0. The van der Waals surface area contributed by atoms with E-state index in [-0.39, 0.29) is 22.7 Å². The average molecular weight is 465 g/mol. The molecule has 7 nitrogen and oxygen atoms in total. The standard InChI is InChI=1S/C26H29FN4O3/c1-15-8-6-7-9-20(15)28-23(32)14-31-24(33)21(29-25(31)34)11-17-10-18-16(2)13-26(3,4)30(5)22(18)12-19(17)27/h6-12,16H,13-14H2,1-5H3,(H,28,32)(H,29,34)/b21-11+. The lowest BCUT2D eigenvalue weighted by Gasteiger charge is -2.45. The van der Waals surface area contributed by atoms with Gasteiger partial charge in [-0.1, -0.05) is 25.1 Å². The lowest BCUT2D eigenvalue weighted by Crippen LogP contribution is -2.45. The van der Waals surface area contributed by atoms with Gasteiger partial charge in [0, 0.05) is 29.5 Å². The van der Waals surface area contributed by atoms with Crippen LogP contribution in [0, 0.1) is 12.7 Å². The fourth-order valence-corrected chi connectivity index (χ4v) is 4.63. The van der Waals surface area contributed by atoms with Crippen molar-refractivity contribution in [1.82, 2.24) is 10.2 Å². The predicted molar refractivity (Wildman–Crippen MR) is 130 cm³/mol. The molecule has 1 fully saturated rings. The summed E-state index contributed by atoms with van der Waals surface area (Å²) in [5, 5.41) is 5.17.